The number of aromatic nitrogens is 1. The zero-order chi connectivity index (χ0) is 12.0. The van der Waals surface area contributed by atoms with Crippen LogP contribution < -0.4 is 0 Å². The summed E-state index contributed by atoms with van der Waals surface area (Å²) in [7, 11) is 0. The SMILES string of the molecule is O=C(O)c1cc2cc3cc(F)ccc3nc2s1. The van der Waals surface area contributed by atoms with Gasteiger partial charge in [0.15, 0.2) is 0 Å². The summed E-state index contributed by atoms with van der Waals surface area (Å²) in [6.07, 6.45) is 0. The fraction of sp³-hybridized carbons (Fsp3) is 0. The Bertz CT molecular complexity index is 751. The van der Waals surface area contributed by atoms with Crippen molar-refractivity contribution in [1.29, 1.82) is 0 Å². The molecule has 0 radical (unpaired) electrons. The Morgan fingerprint density at radius 2 is 2.06 bits per heavy atom. The van der Waals surface area contributed by atoms with Gasteiger partial charge in [-0.25, -0.2) is 14.2 Å². The number of hydrogen-bond donors (Lipinski definition) is 1. The van der Waals surface area contributed by atoms with Gasteiger partial charge >= 0.3 is 5.97 Å². The third kappa shape index (κ3) is 1.64. The van der Waals surface area contributed by atoms with Gasteiger partial charge in [0.05, 0.1) is 5.52 Å². The van der Waals surface area contributed by atoms with Gasteiger partial charge in [-0.15, -0.1) is 11.3 Å². The molecule has 84 valence electrons. The highest BCUT2D eigenvalue weighted by Crippen LogP contribution is 2.27. The van der Waals surface area contributed by atoms with E-state index in [0.717, 1.165) is 16.7 Å². The number of aromatic carboxylic acids is 1. The predicted octanol–water partition coefficient (Wildman–Crippen LogP) is 3.29. The minimum absolute atomic E-state index is 0.239. The second-order valence-electron chi connectivity index (χ2n) is 3.64. The summed E-state index contributed by atoms with van der Waals surface area (Å²) in [6, 6.07) is 7.63. The maximum atomic E-state index is 13.1. The van der Waals surface area contributed by atoms with E-state index in [0.29, 0.717) is 15.7 Å². The Morgan fingerprint density at radius 3 is 2.82 bits per heavy atom. The van der Waals surface area contributed by atoms with E-state index in [2.05, 4.69) is 4.98 Å². The smallest absolute Gasteiger partial charge is 0.345 e. The van der Waals surface area contributed by atoms with E-state index < -0.39 is 5.97 Å². The molecule has 0 saturated heterocycles. The van der Waals surface area contributed by atoms with Crippen LogP contribution in [0.4, 0.5) is 4.39 Å². The number of carboxylic acids is 1. The molecule has 0 saturated carbocycles. The summed E-state index contributed by atoms with van der Waals surface area (Å²) in [4.78, 5) is 16.0. The van der Waals surface area contributed by atoms with E-state index in [9.17, 15) is 9.18 Å². The topological polar surface area (TPSA) is 50.2 Å². The second-order valence-corrected chi connectivity index (χ2v) is 4.67. The number of hydrogen-bond acceptors (Lipinski definition) is 3. The normalized spacial score (nSPS) is 11.1. The van der Waals surface area contributed by atoms with Gasteiger partial charge in [-0.1, -0.05) is 0 Å². The predicted molar refractivity (Wildman–Crippen MR) is 64.0 cm³/mol. The summed E-state index contributed by atoms with van der Waals surface area (Å²) in [5.41, 5.74) is 0.665. The minimum Gasteiger partial charge on any atom is -0.477 e. The molecule has 2 aromatic heterocycles. The monoisotopic (exact) mass is 247 g/mol. The largest absolute Gasteiger partial charge is 0.477 e. The van der Waals surface area contributed by atoms with Crippen LogP contribution >= 0.6 is 11.3 Å². The zero-order valence-corrected chi connectivity index (χ0v) is 9.29. The molecule has 0 bridgehead atoms. The molecular formula is C12H6FNO2S. The van der Waals surface area contributed by atoms with Crippen molar-refractivity contribution < 1.29 is 14.3 Å². The molecule has 1 N–H and O–H groups in total. The number of pyridine rings is 1. The quantitative estimate of drug-likeness (QED) is 0.717. The van der Waals surface area contributed by atoms with Crippen molar-refractivity contribution in [2.24, 2.45) is 0 Å². The van der Waals surface area contributed by atoms with E-state index in [1.54, 1.807) is 18.2 Å². The lowest BCUT2D eigenvalue weighted by atomic mass is 10.2. The number of benzene rings is 1. The van der Waals surface area contributed by atoms with Crippen molar-refractivity contribution in [1.82, 2.24) is 4.98 Å². The number of fused-ring (bicyclic) bond motifs is 2. The molecule has 0 unspecified atom stereocenters. The number of halogens is 1. The van der Waals surface area contributed by atoms with E-state index in [1.807, 2.05) is 0 Å². The van der Waals surface area contributed by atoms with Gasteiger partial charge in [0.2, 0.25) is 0 Å². The highest BCUT2D eigenvalue weighted by atomic mass is 32.1. The molecule has 0 aliphatic rings. The van der Waals surface area contributed by atoms with Crippen LogP contribution in [0.3, 0.4) is 0 Å². The molecule has 0 atom stereocenters. The van der Waals surface area contributed by atoms with E-state index in [-0.39, 0.29) is 10.7 Å². The van der Waals surface area contributed by atoms with Crippen molar-refractivity contribution in [3.8, 4) is 0 Å². The Balaban J connectivity index is 2.36. The third-order valence-corrected chi connectivity index (χ3v) is 3.51. The van der Waals surface area contributed by atoms with Gasteiger partial charge in [0.1, 0.15) is 15.5 Å². The molecule has 2 heterocycles. The molecule has 0 amide bonds. The van der Waals surface area contributed by atoms with Crippen LogP contribution in [0.1, 0.15) is 9.67 Å². The van der Waals surface area contributed by atoms with Crippen LogP contribution in [-0.4, -0.2) is 16.1 Å². The van der Waals surface area contributed by atoms with E-state index >= 15 is 0 Å². The lowest BCUT2D eigenvalue weighted by Gasteiger charge is -1.97. The number of carbonyl (C=O) groups is 1. The van der Waals surface area contributed by atoms with Crippen LogP contribution in [-0.2, 0) is 0 Å². The first-order valence-corrected chi connectivity index (χ1v) is 5.68. The number of rotatable bonds is 1. The molecule has 1 aromatic carbocycles. The van der Waals surface area contributed by atoms with Gasteiger partial charge in [-0.05, 0) is 30.3 Å². The van der Waals surface area contributed by atoms with Gasteiger partial charge in [0, 0.05) is 10.8 Å². The van der Waals surface area contributed by atoms with Gasteiger partial charge in [-0.3, -0.25) is 0 Å². The third-order valence-electron chi connectivity index (χ3n) is 2.47. The fourth-order valence-electron chi connectivity index (χ4n) is 1.71. The minimum atomic E-state index is -0.969. The standard InChI is InChI=1S/C12H6FNO2S/c13-8-1-2-9-6(4-8)3-7-5-10(12(15)16)17-11(7)14-9/h1-5H,(H,15,16). The highest BCUT2D eigenvalue weighted by molar-refractivity contribution is 7.20. The molecule has 3 rings (SSSR count). The molecule has 0 spiro atoms. The zero-order valence-electron chi connectivity index (χ0n) is 8.48. The molecule has 0 fully saturated rings. The summed E-state index contributed by atoms with van der Waals surface area (Å²) in [5, 5.41) is 10.3. The average Bonchev–Trinajstić information content (AvgIpc) is 2.68. The molecule has 3 aromatic rings. The number of nitrogens with zero attached hydrogens (tertiary/aromatic N) is 1. The number of thiophene rings is 1. The first kappa shape index (κ1) is 10.2. The Kier molecular flexibility index (Phi) is 2.09. The Labute approximate surface area is 99.1 Å². The van der Waals surface area contributed by atoms with Crippen LogP contribution in [0.2, 0.25) is 0 Å². The maximum Gasteiger partial charge on any atom is 0.345 e. The van der Waals surface area contributed by atoms with Crippen molar-refractivity contribution in [3.63, 3.8) is 0 Å². The molecule has 3 nitrogen and oxygen atoms in total. The lowest BCUT2D eigenvalue weighted by molar-refractivity contribution is 0.0702. The molecule has 0 aliphatic carbocycles. The van der Waals surface area contributed by atoms with E-state index in [1.165, 1.54) is 12.1 Å². The summed E-state index contributed by atoms with van der Waals surface area (Å²) >= 11 is 1.12. The molecule has 17 heavy (non-hydrogen) atoms. The number of carboxylic acid groups (broad SMARTS) is 1. The van der Waals surface area contributed by atoms with Crippen molar-refractivity contribution in [2.75, 3.05) is 0 Å². The first-order valence-electron chi connectivity index (χ1n) is 4.86. The van der Waals surface area contributed by atoms with Gasteiger partial charge in [0.25, 0.3) is 0 Å². The van der Waals surface area contributed by atoms with Gasteiger partial charge in [-0.2, -0.15) is 0 Å². The van der Waals surface area contributed by atoms with Crippen molar-refractivity contribution in [2.45, 2.75) is 0 Å². The lowest BCUT2D eigenvalue weighted by Crippen LogP contribution is -1.89. The molecular weight excluding hydrogens is 241 g/mol. The van der Waals surface area contributed by atoms with E-state index in [4.69, 9.17) is 5.11 Å². The Hall–Kier alpha value is -2.01. The van der Waals surface area contributed by atoms with Crippen molar-refractivity contribution >= 4 is 38.4 Å². The van der Waals surface area contributed by atoms with Crippen LogP contribution in [0, 0.1) is 5.82 Å². The highest BCUT2D eigenvalue weighted by Gasteiger charge is 2.10. The summed E-state index contributed by atoms with van der Waals surface area (Å²) in [6.45, 7) is 0. The van der Waals surface area contributed by atoms with Crippen LogP contribution in [0.5, 0.6) is 0 Å². The average molecular weight is 247 g/mol. The van der Waals surface area contributed by atoms with Crippen molar-refractivity contribution in [3.05, 3.63) is 41.0 Å². The second kappa shape index (κ2) is 3.49. The fourth-order valence-corrected chi connectivity index (χ4v) is 2.57. The first-order chi connectivity index (χ1) is 8.13. The van der Waals surface area contributed by atoms with Crippen LogP contribution in [0.15, 0.2) is 30.3 Å². The summed E-state index contributed by atoms with van der Waals surface area (Å²) < 4.78 is 13.1. The summed E-state index contributed by atoms with van der Waals surface area (Å²) in [5.74, 6) is -1.30. The molecule has 0 aliphatic heterocycles. The Morgan fingerprint density at radius 1 is 1.24 bits per heavy atom. The van der Waals surface area contributed by atoms with Gasteiger partial charge < -0.3 is 5.11 Å². The van der Waals surface area contributed by atoms with Crippen LogP contribution in [0.25, 0.3) is 21.1 Å². The molecule has 5 heteroatoms. The maximum absolute atomic E-state index is 13.1.